The van der Waals surface area contributed by atoms with Crippen molar-refractivity contribution in [1.29, 1.82) is 0 Å². The number of carbonyl (C=O) groups excluding carboxylic acids is 1. The molecule has 0 radical (unpaired) electrons. The highest BCUT2D eigenvalue weighted by Gasteiger charge is 2.23. The van der Waals surface area contributed by atoms with Gasteiger partial charge in [-0.3, -0.25) is 14.9 Å². The number of carboxylic acid groups (broad SMARTS) is 1. The average Bonchev–Trinajstić information content (AvgIpc) is 2.64. The molecule has 0 aliphatic rings. The number of anilines is 1. The van der Waals surface area contributed by atoms with Gasteiger partial charge in [0.2, 0.25) is 5.75 Å². The fraction of sp³-hybridized carbons (Fsp3) is 0.0556. The fourth-order valence-corrected chi connectivity index (χ4v) is 2.69. The van der Waals surface area contributed by atoms with Gasteiger partial charge in [0.1, 0.15) is 22.5 Å². The Morgan fingerprint density at radius 2 is 1.83 bits per heavy atom. The number of aromatic hydroxyl groups is 2. The number of phenolic OH excluding ortho intramolecular Hbond substituents is 1. The Morgan fingerprint density at radius 3 is 2.41 bits per heavy atom. The van der Waals surface area contributed by atoms with E-state index >= 15 is 0 Å². The second-order valence-corrected chi connectivity index (χ2v) is 5.98. The molecule has 0 spiro atoms. The van der Waals surface area contributed by atoms with E-state index in [-0.39, 0.29) is 27.8 Å². The van der Waals surface area contributed by atoms with Gasteiger partial charge in [-0.05, 0) is 25.1 Å². The van der Waals surface area contributed by atoms with Crippen molar-refractivity contribution >= 4 is 34.2 Å². The van der Waals surface area contributed by atoms with Crippen molar-refractivity contribution in [3.05, 3.63) is 67.6 Å². The number of nitrogens with zero attached hydrogens (tertiary/aromatic N) is 1. The number of rotatable bonds is 4. The van der Waals surface area contributed by atoms with Gasteiger partial charge in [-0.15, -0.1) is 0 Å². The number of amides is 1. The van der Waals surface area contributed by atoms with Crippen LogP contribution < -0.4 is 10.9 Å². The topological polar surface area (TPSA) is 180 Å². The Balaban J connectivity index is 2.04. The number of nitrogens with one attached hydrogen (secondary N) is 1. The maximum atomic E-state index is 12.4. The van der Waals surface area contributed by atoms with Crippen molar-refractivity contribution in [3.63, 3.8) is 0 Å². The number of phenols is 2. The van der Waals surface area contributed by atoms with E-state index in [1.807, 2.05) is 0 Å². The highest BCUT2D eigenvalue weighted by Crippen LogP contribution is 2.35. The lowest BCUT2D eigenvalue weighted by atomic mass is 10.1. The summed E-state index contributed by atoms with van der Waals surface area (Å²) in [5.41, 5.74) is -2.69. The zero-order chi connectivity index (χ0) is 21.5. The molecular weight excluding hydrogens is 388 g/mol. The molecule has 0 atom stereocenters. The van der Waals surface area contributed by atoms with Crippen LogP contribution in [0.3, 0.4) is 0 Å². The molecule has 3 aromatic rings. The smallest absolute Gasteiger partial charge is 0.349 e. The molecule has 4 N–H and O–H groups in total. The maximum Gasteiger partial charge on any atom is 0.349 e. The molecule has 0 bridgehead atoms. The van der Waals surface area contributed by atoms with Crippen LogP contribution in [0.2, 0.25) is 0 Å². The first kappa shape index (κ1) is 19.4. The van der Waals surface area contributed by atoms with Crippen molar-refractivity contribution < 1.29 is 34.2 Å². The lowest BCUT2D eigenvalue weighted by molar-refractivity contribution is -0.385. The monoisotopic (exact) mass is 400 g/mol. The van der Waals surface area contributed by atoms with Crippen LogP contribution >= 0.6 is 0 Å². The predicted molar refractivity (Wildman–Crippen MR) is 98.6 cm³/mol. The number of fused-ring (bicyclic) bond motifs is 1. The molecule has 0 aliphatic heterocycles. The Hall–Kier alpha value is -4.41. The molecule has 2 aromatic carbocycles. The van der Waals surface area contributed by atoms with Gasteiger partial charge < -0.3 is 25.1 Å². The van der Waals surface area contributed by atoms with Crippen LogP contribution in [-0.2, 0) is 0 Å². The van der Waals surface area contributed by atoms with Crippen molar-refractivity contribution in [1.82, 2.24) is 0 Å². The number of carbonyl (C=O) groups is 2. The normalized spacial score (nSPS) is 10.7. The molecule has 0 saturated carbocycles. The summed E-state index contributed by atoms with van der Waals surface area (Å²) >= 11 is 0. The molecular formula is C18H12N2O9. The van der Waals surface area contributed by atoms with Gasteiger partial charge in [0.05, 0.1) is 4.92 Å². The van der Waals surface area contributed by atoms with Crippen LogP contribution in [-0.4, -0.2) is 32.1 Å². The first-order valence-corrected chi connectivity index (χ1v) is 7.92. The van der Waals surface area contributed by atoms with Gasteiger partial charge in [0, 0.05) is 28.8 Å². The second-order valence-electron chi connectivity index (χ2n) is 5.98. The molecule has 29 heavy (non-hydrogen) atoms. The van der Waals surface area contributed by atoms with Crippen molar-refractivity contribution in [3.8, 4) is 11.5 Å². The molecule has 3 rings (SSSR count). The van der Waals surface area contributed by atoms with E-state index in [4.69, 9.17) is 9.52 Å². The highest BCUT2D eigenvalue weighted by molar-refractivity contribution is 6.06. The molecule has 1 heterocycles. The number of aryl methyl sites for hydroxylation is 1. The van der Waals surface area contributed by atoms with Crippen LogP contribution in [0.25, 0.3) is 11.0 Å². The second kappa shape index (κ2) is 6.96. The molecule has 0 fully saturated rings. The number of hydrogen-bond donors (Lipinski definition) is 4. The van der Waals surface area contributed by atoms with Crippen LogP contribution in [0.4, 0.5) is 11.4 Å². The molecule has 11 nitrogen and oxygen atoms in total. The number of hydrogen-bond acceptors (Lipinski definition) is 8. The Labute approximate surface area is 160 Å². The van der Waals surface area contributed by atoms with Crippen LogP contribution in [0.1, 0.15) is 26.3 Å². The summed E-state index contributed by atoms with van der Waals surface area (Å²) in [4.78, 5) is 45.8. The van der Waals surface area contributed by atoms with Gasteiger partial charge in [0.15, 0.2) is 0 Å². The zero-order valence-corrected chi connectivity index (χ0v) is 14.6. The van der Waals surface area contributed by atoms with E-state index in [2.05, 4.69) is 5.32 Å². The summed E-state index contributed by atoms with van der Waals surface area (Å²) in [5.74, 6) is -3.56. The molecule has 1 amide bonds. The number of nitro groups is 1. The SMILES string of the molecule is Cc1c(O)c([N+](=O)[O-])cc2cc(C(=O)Nc3ccc(C(=O)O)c(O)c3)c(=O)oc12. The third-order valence-electron chi connectivity index (χ3n) is 4.13. The largest absolute Gasteiger partial charge is 0.507 e. The summed E-state index contributed by atoms with van der Waals surface area (Å²) < 4.78 is 5.05. The van der Waals surface area contributed by atoms with E-state index in [0.29, 0.717) is 0 Å². The fourth-order valence-electron chi connectivity index (χ4n) is 2.69. The Bertz CT molecular complexity index is 1260. The van der Waals surface area contributed by atoms with Crippen LogP contribution in [0.5, 0.6) is 11.5 Å². The summed E-state index contributed by atoms with van der Waals surface area (Å²) in [6.07, 6.45) is 0. The zero-order valence-electron chi connectivity index (χ0n) is 14.6. The molecule has 148 valence electrons. The Kier molecular flexibility index (Phi) is 4.64. The summed E-state index contributed by atoms with van der Waals surface area (Å²) in [5, 5.41) is 41.8. The first-order valence-electron chi connectivity index (χ1n) is 7.92. The maximum absolute atomic E-state index is 12.4. The minimum atomic E-state index is -1.37. The Morgan fingerprint density at radius 1 is 1.14 bits per heavy atom. The number of nitro benzene ring substituents is 1. The van der Waals surface area contributed by atoms with Crippen molar-refractivity contribution in [2.75, 3.05) is 5.32 Å². The number of carboxylic acids is 1. The summed E-state index contributed by atoms with van der Waals surface area (Å²) in [6, 6.07) is 5.28. The molecule has 0 aliphatic carbocycles. The van der Waals surface area contributed by atoms with Gasteiger partial charge in [-0.25, -0.2) is 9.59 Å². The van der Waals surface area contributed by atoms with E-state index in [1.54, 1.807) is 0 Å². The summed E-state index contributed by atoms with van der Waals surface area (Å²) in [7, 11) is 0. The third-order valence-corrected chi connectivity index (χ3v) is 4.13. The standard InChI is InChI=1S/C18H12N2O9/c1-7-14(22)12(20(27)28)5-8-4-11(18(26)29-15(7)8)16(23)19-9-2-3-10(17(24)25)13(21)6-9/h2-6,21-22H,1H3,(H,19,23)(H,24,25). The third kappa shape index (κ3) is 3.43. The van der Waals surface area contributed by atoms with Crippen molar-refractivity contribution in [2.45, 2.75) is 6.92 Å². The van der Waals surface area contributed by atoms with Crippen LogP contribution in [0, 0.1) is 17.0 Å². The molecule has 0 saturated heterocycles. The minimum Gasteiger partial charge on any atom is -0.507 e. The lowest BCUT2D eigenvalue weighted by Gasteiger charge is -2.08. The van der Waals surface area contributed by atoms with E-state index in [9.17, 15) is 34.7 Å². The van der Waals surface area contributed by atoms with E-state index < -0.39 is 45.2 Å². The van der Waals surface area contributed by atoms with Gasteiger partial charge >= 0.3 is 17.3 Å². The molecule has 11 heteroatoms. The lowest BCUT2D eigenvalue weighted by Crippen LogP contribution is -2.20. The van der Waals surface area contributed by atoms with Gasteiger partial charge in [-0.1, -0.05) is 0 Å². The predicted octanol–water partition coefficient (Wildman–Crippen LogP) is 2.37. The van der Waals surface area contributed by atoms with Crippen molar-refractivity contribution in [2.24, 2.45) is 0 Å². The van der Waals surface area contributed by atoms with Gasteiger partial charge in [-0.2, -0.15) is 0 Å². The molecule has 0 unspecified atom stereocenters. The summed E-state index contributed by atoms with van der Waals surface area (Å²) in [6.45, 7) is 1.32. The number of aromatic carboxylic acids is 1. The highest BCUT2D eigenvalue weighted by atomic mass is 16.6. The number of benzene rings is 2. The minimum absolute atomic E-state index is 0.00450. The molecule has 1 aromatic heterocycles. The van der Waals surface area contributed by atoms with Crippen LogP contribution in [0.15, 0.2) is 39.5 Å². The van der Waals surface area contributed by atoms with Gasteiger partial charge in [0.25, 0.3) is 5.91 Å². The first-order chi connectivity index (χ1) is 13.6. The quantitative estimate of drug-likeness (QED) is 0.290. The van der Waals surface area contributed by atoms with E-state index in [0.717, 1.165) is 24.3 Å². The van der Waals surface area contributed by atoms with E-state index in [1.165, 1.54) is 13.0 Å². The average molecular weight is 400 g/mol.